The van der Waals surface area contributed by atoms with Gasteiger partial charge in [-0.3, -0.25) is 9.56 Å². The quantitative estimate of drug-likeness (QED) is 0.114. The van der Waals surface area contributed by atoms with Crippen molar-refractivity contribution in [1.29, 1.82) is 0 Å². The lowest BCUT2D eigenvalue weighted by molar-refractivity contribution is -0.268. The number of aliphatic imine (C=N–C) groups is 1. The van der Waals surface area contributed by atoms with E-state index in [1.54, 1.807) is 24.4 Å². The molecule has 0 aliphatic rings. The number of hydrogen-bond donors (Lipinski definition) is 0. The van der Waals surface area contributed by atoms with Gasteiger partial charge in [0.05, 0.1) is 16.7 Å². The van der Waals surface area contributed by atoms with Gasteiger partial charge in [-0.25, -0.2) is 4.98 Å². The van der Waals surface area contributed by atoms with Gasteiger partial charge < -0.3 is 5.11 Å². The summed E-state index contributed by atoms with van der Waals surface area (Å²) < 4.78 is 2.25. The predicted octanol–water partition coefficient (Wildman–Crippen LogP) is 13.9. The lowest BCUT2D eigenvalue weighted by Crippen LogP contribution is -1.97. The van der Waals surface area contributed by atoms with Gasteiger partial charge in [-0.15, -0.1) is 5.75 Å². The lowest BCUT2D eigenvalue weighted by atomic mass is 9.85. The van der Waals surface area contributed by atoms with Gasteiger partial charge in [0.25, 0.3) is 0 Å². The summed E-state index contributed by atoms with van der Waals surface area (Å²) in [6.07, 6.45) is 2.45. The third kappa shape index (κ3) is 6.70. The maximum Gasteiger partial charge on any atom is 0.145 e. The Kier molecular flexibility index (Phi) is 9.02. The van der Waals surface area contributed by atoms with Crippen LogP contribution in [0.15, 0.2) is 217 Å². The predicted molar refractivity (Wildman–Crippen MR) is 252 cm³/mol. The average molecular weight is 781 g/mol. The van der Waals surface area contributed by atoms with E-state index < -0.39 is 0 Å². The molecule has 0 saturated carbocycles. The molecule has 1 aromatic heterocycles. The van der Waals surface area contributed by atoms with Crippen LogP contribution in [0.5, 0.6) is 5.75 Å². The van der Waals surface area contributed by atoms with Crippen LogP contribution in [-0.2, 0) is 6.42 Å². The van der Waals surface area contributed by atoms with Crippen LogP contribution < -0.4 is 5.11 Å². The molecule has 4 nitrogen and oxygen atoms in total. The first-order valence-corrected chi connectivity index (χ1v) is 20.6. The SMILES string of the molecule is [O-]c1ccccc1C=Nc1ccc(Cc2ccc3cc(-c4c5ccccc5c(-c5ccc(-c6nc7ccccc7n6-c6ccccc6)cc5)c5ccccc45)ccc3c2)cc1. The normalized spacial score (nSPS) is 11.7. The highest BCUT2D eigenvalue weighted by Gasteiger charge is 2.18. The third-order valence-electron chi connectivity index (χ3n) is 11.7. The number of fused-ring (bicyclic) bond motifs is 4. The van der Waals surface area contributed by atoms with Crippen LogP contribution >= 0.6 is 0 Å². The van der Waals surface area contributed by atoms with Gasteiger partial charge in [-0.2, -0.15) is 0 Å². The Bertz CT molecular complexity index is 3380. The maximum atomic E-state index is 12.1. The van der Waals surface area contributed by atoms with Crippen LogP contribution in [0.2, 0.25) is 0 Å². The van der Waals surface area contributed by atoms with Crippen molar-refractivity contribution in [1.82, 2.24) is 9.55 Å². The second-order valence-corrected chi connectivity index (χ2v) is 15.5. The highest BCUT2D eigenvalue weighted by molar-refractivity contribution is 6.21. The fourth-order valence-electron chi connectivity index (χ4n) is 8.82. The van der Waals surface area contributed by atoms with Crippen LogP contribution in [0.1, 0.15) is 16.7 Å². The van der Waals surface area contributed by atoms with Gasteiger partial charge in [0, 0.05) is 17.5 Å². The van der Waals surface area contributed by atoms with Gasteiger partial charge in [0.1, 0.15) is 5.82 Å². The molecule has 11 aromatic rings. The van der Waals surface area contributed by atoms with Gasteiger partial charge in [0.2, 0.25) is 0 Å². The molecule has 61 heavy (non-hydrogen) atoms. The fraction of sp³-hybridized carbons (Fsp3) is 0.0175. The zero-order valence-corrected chi connectivity index (χ0v) is 33.2. The van der Waals surface area contributed by atoms with Gasteiger partial charge in [0.15, 0.2) is 0 Å². The number of imidazole rings is 1. The molecular weight excluding hydrogens is 743 g/mol. The molecular formula is C57H38N3O-. The van der Waals surface area contributed by atoms with E-state index >= 15 is 0 Å². The number of rotatable bonds is 8. The minimum Gasteiger partial charge on any atom is -0.872 e. The second kappa shape index (κ2) is 15.3. The largest absolute Gasteiger partial charge is 0.872 e. The Morgan fingerprint density at radius 2 is 1.03 bits per heavy atom. The molecule has 0 aliphatic carbocycles. The van der Waals surface area contributed by atoms with E-state index in [9.17, 15) is 5.11 Å². The lowest BCUT2D eigenvalue weighted by Gasteiger charge is -2.18. The van der Waals surface area contributed by atoms with Crippen LogP contribution in [0.4, 0.5) is 5.69 Å². The molecule has 288 valence electrons. The third-order valence-corrected chi connectivity index (χ3v) is 11.7. The van der Waals surface area contributed by atoms with E-state index in [4.69, 9.17) is 4.98 Å². The molecule has 0 N–H and O–H groups in total. The summed E-state index contributed by atoms with van der Waals surface area (Å²) in [5, 5.41) is 19.4. The molecule has 11 rings (SSSR count). The molecule has 10 aromatic carbocycles. The molecule has 0 bridgehead atoms. The number of nitrogens with zero attached hydrogens (tertiary/aromatic N) is 3. The monoisotopic (exact) mass is 780 g/mol. The molecule has 0 fully saturated rings. The van der Waals surface area contributed by atoms with E-state index in [0.717, 1.165) is 40.2 Å². The summed E-state index contributed by atoms with van der Waals surface area (Å²) in [7, 11) is 0. The molecule has 0 spiro atoms. The number of benzene rings is 10. The van der Waals surface area contributed by atoms with E-state index in [-0.39, 0.29) is 5.75 Å². The summed E-state index contributed by atoms with van der Waals surface area (Å²) in [4.78, 5) is 9.64. The van der Waals surface area contributed by atoms with E-state index in [1.165, 1.54) is 65.7 Å². The van der Waals surface area contributed by atoms with Crippen molar-refractivity contribution in [2.75, 3.05) is 0 Å². The molecule has 0 atom stereocenters. The Hall–Kier alpha value is -8.08. The second-order valence-electron chi connectivity index (χ2n) is 15.5. The molecule has 0 amide bonds. The van der Waals surface area contributed by atoms with Crippen LogP contribution in [0.3, 0.4) is 0 Å². The van der Waals surface area contributed by atoms with Crippen molar-refractivity contribution in [3.05, 3.63) is 229 Å². The van der Waals surface area contributed by atoms with Crippen molar-refractivity contribution in [2.24, 2.45) is 4.99 Å². The molecule has 0 unspecified atom stereocenters. The maximum absolute atomic E-state index is 12.1. The van der Waals surface area contributed by atoms with Crippen LogP contribution in [-0.4, -0.2) is 15.8 Å². The minimum atomic E-state index is -0.0254. The smallest absolute Gasteiger partial charge is 0.145 e. The number of para-hydroxylation sites is 4. The first-order valence-electron chi connectivity index (χ1n) is 20.6. The summed E-state index contributed by atoms with van der Waals surface area (Å²) in [6, 6.07) is 74.3. The van der Waals surface area contributed by atoms with Gasteiger partial charge in [-0.05, 0) is 120 Å². The van der Waals surface area contributed by atoms with Crippen molar-refractivity contribution in [2.45, 2.75) is 6.42 Å². The van der Waals surface area contributed by atoms with Crippen molar-refractivity contribution in [3.8, 4) is 45.1 Å². The first kappa shape index (κ1) is 36.0. The summed E-state index contributed by atoms with van der Waals surface area (Å²) >= 11 is 0. The van der Waals surface area contributed by atoms with E-state index in [1.807, 2.05) is 30.3 Å². The first-order chi connectivity index (χ1) is 30.1. The Morgan fingerprint density at radius 1 is 0.475 bits per heavy atom. The van der Waals surface area contributed by atoms with Crippen LogP contribution in [0.25, 0.3) is 82.7 Å². The molecule has 0 aliphatic heterocycles. The number of aromatic nitrogens is 2. The molecule has 0 saturated heterocycles. The number of hydrogen-bond acceptors (Lipinski definition) is 3. The minimum absolute atomic E-state index is 0.0254. The Morgan fingerprint density at radius 3 is 1.75 bits per heavy atom. The summed E-state index contributed by atoms with van der Waals surface area (Å²) in [6.45, 7) is 0. The highest BCUT2D eigenvalue weighted by Crippen LogP contribution is 2.44. The highest BCUT2D eigenvalue weighted by atomic mass is 16.3. The zero-order valence-electron chi connectivity index (χ0n) is 33.2. The van der Waals surface area contributed by atoms with Crippen molar-refractivity contribution in [3.63, 3.8) is 0 Å². The molecule has 0 radical (unpaired) electrons. The van der Waals surface area contributed by atoms with Crippen LogP contribution in [0, 0.1) is 0 Å². The van der Waals surface area contributed by atoms with Gasteiger partial charge in [-0.1, -0.05) is 170 Å². The molecule has 4 heteroatoms. The van der Waals surface area contributed by atoms with E-state index in [2.05, 4.69) is 173 Å². The topological polar surface area (TPSA) is 53.2 Å². The van der Waals surface area contributed by atoms with E-state index in [0.29, 0.717) is 5.56 Å². The summed E-state index contributed by atoms with van der Waals surface area (Å²) in [5.74, 6) is 0.899. The van der Waals surface area contributed by atoms with Gasteiger partial charge >= 0.3 is 0 Å². The fourth-order valence-corrected chi connectivity index (χ4v) is 8.82. The Labute approximate surface area is 354 Å². The average Bonchev–Trinajstić information content (AvgIpc) is 3.71. The summed E-state index contributed by atoms with van der Waals surface area (Å²) in [5.41, 5.74) is 12.9. The zero-order chi connectivity index (χ0) is 40.7. The van der Waals surface area contributed by atoms with Crippen molar-refractivity contribution >= 4 is 55.3 Å². The van der Waals surface area contributed by atoms with Crippen molar-refractivity contribution < 1.29 is 5.11 Å². The standard InChI is InChI=1S/C57H39N3O/c61-54-21-11-4-12-45(54)37-58-46-32-23-38(24-33-46)34-39-22-25-43-36-44(31-30-42(43)35-39)56-50-17-7-5-15-48(50)55(49-16-6-8-18-51(49)56)40-26-28-41(29-27-40)57-59-52-19-9-10-20-53(52)60(57)47-13-2-1-3-14-47/h1-33,35-37,61H,34H2/p-1. The Balaban J connectivity index is 0.929. The molecule has 1 heterocycles.